The normalized spacial score (nSPS) is 29.5. The number of primary amides is 2. The number of benzene rings is 2. The average molecular weight is 497 g/mol. The largest absolute Gasteiger partial charge is 0.369 e. The second-order valence-corrected chi connectivity index (χ2v) is 12.6. The quantitative estimate of drug-likeness (QED) is 0.413. The van der Waals surface area contributed by atoms with Crippen LogP contribution in [-0.2, 0) is 9.59 Å². The van der Waals surface area contributed by atoms with Gasteiger partial charge in [0.15, 0.2) is 0 Å². The molecule has 0 bridgehead atoms. The van der Waals surface area contributed by atoms with Crippen LogP contribution in [0.4, 0.5) is 0 Å². The molecule has 0 saturated heterocycles. The van der Waals surface area contributed by atoms with E-state index in [1.54, 1.807) is 21.6 Å². The van der Waals surface area contributed by atoms with Crippen LogP contribution >= 0.6 is 21.6 Å². The maximum absolute atomic E-state index is 12.5. The van der Waals surface area contributed by atoms with Crippen LogP contribution in [0.2, 0.25) is 0 Å². The number of carbonyl (C=O) groups is 2. The van der Waals surface area contributed by atoms with E-state index >= 15 is 0 Å². The Morgan fingerprint density at radius 2 is 1.09 bits per heavy atom. The van der Waals surface area contributed by atoms with Crippen molar-refractivity contribution in [1.29, 1.82) is 0 Å². The van der Waals surface area contributed by atoms with Crippen molar-refractivity contribution in [3.63, 3.8) is 0 Å². The molecule has 0 aliphatic heterocycles. The summed E-state index contributed by atoms with van der Waals surface area (Å²) in [5.41, 5.74) is 13.2. The molecular formula is C28H36N2O2S2. The molecule has 0 heterocycles. The first-order valence-electron chi connectivity index (χ1n) is 12.4. The summed E-state index contributed by atoms with van der Waals surface area (Å²) in [6, 6.07) is 16.9. The molecule has 0 spiro atoms. The Hall–Kier alpha value is -1.92. The molecule has 2 amide bonds. The SMILES string of the molecule is CC1(C(N)=O)CCCCC1c1ccccc1SSc1ccccc1C1CCCCC1(C)C(N)=O. The highest BCUT2D eigenvalue weighted by molar-refractivity contribution is 8.76. The summed E-state index contributed by atoms with van der Waals surface area (Å²) < 4.78 is 0. The molecule has 2 aromatic carbocycles. The van der Waals surface area contributed by atoms with E-state index in [0.717, 1.165) is 51.4 Å². The predicted molar refractivity (Wildman–Crippen MR) is 142 cm³/mol. The third kappa shape index (κ3) is 4.76. The lowest BCUT2D eigenvalue weighted by molar-refractivity contribution is -0.130. The number of rotatable bonds is 7. The molecule has 6 heteroatoms. The Morgan fingerprint density at radius 1 is 0.706 bits per heavy atom. The van der Waals surface area contributed by atoms with Crippen molar-refractivity contribution in [3.05, 3.63) is 59.7 Å². The lowest BCUT2D eigenvalue weighted by Crippen LogP contribution is -2.41. The third-order valence-electron chi connectivity index (χ3n) is 8.35. The Bertz CT molecular complexity index is 975. The van der Waals surface area contributed by atoms with Gasteiger partial charge in [-0.3, -0.25) is 9.59 Å². The van der Waals surface area contributed by atoms with Crippen molar-refractivity contribution in [3.8, 4) is 0 Å². The van der Waals surface area contributed by atoms with Gasteiger partial charge < -0.3 is 11.5 Å². The van der Waals surface area contributed by atoms with Crippen molar-refractivity contribution in [2.45, 2.75) is 86.8 Å². The van der Waals surface area contributed by atoms with E-state index in [-0.39, 0.29) is 23.7 Å². The topological polar surface area (TPSA) is 86.2 Å². The molecule has 2 aliphatic carbocycles. The summed E-state index contributed by atoms with van der Waals surface area (Å²) in [6.07, 6.45) is 7.99. The highest BCUT2D eigenvalue weighted by Crippen LogP contribution is 2.53. The van der Waals surface area contributed by atoms with Gasteiger partial charge in [0.25, 0.3) is 0 Å². The molecule has 4 atom stereocenters. The van der Waals surface area contributed by atoms with E-state index in [0.29, 0.717) is 0 Å². The zero-order chi connectivity index (χ0) is 24.3. The molecule has 4 N–H and O–H groups in total. The second-order valence-electron chi connectivity index (χ2n) is 10.4. The predicted octanol–water partition coefficient (Wildman–Crippen LogP) is 6.78. The van der Waals surface area contributed by atoms with Crippen molar-refractivity contribution in [2.75, 3.05) is 0 Å². The van der Waals surface area contributed by atoms with Crippen LogP contribution in [-0.4, -0.2) is 11.8 Å². The van der Waals surface area contributed by atoms with Gasteiger partial charge in [0.1, 0.15) is 0 Å². The van der Waals surface area contributed by atoms with Crippen LogP contribution in [0.1, 0.15) is 88.2 Å². The highest BCUT2D eigenvalue weighted by Gasteiger charge is 2.44. The first-order valence-corrected chi connectivity index (χ1v) is 14.5. The smallest absolute Gasteiger partial charge is 0.223 e. The van der Waals surface area contributed by atoms with Crippen LogP contribution in [0, 0.1) is 10.8 Å². The van der Waals surface area contributed by atoms with E-state index < -0.39 is 10.8 Å². The number of carbonyl (C=O) groups excluding carboxylic acids is 2. The minimum absolute atomic E-state index is 0.134. The first-order chi connectivity index (χ1) is 16.3. The van der Waals surface area contributed by atoms with Gasteiger partial charge in [-0.2, -0.15) is 0 Å². The fourth-order valence-electron chi connectivity index (χ4n) is 6.03. The molecule has 2 fully saturated rings. The fraction of sp³-hybridized carbons (Fsp3) is 0.500. The average Bonchev–Trinajstić information content (AvgIpc) is 2.84. The molecule has 2 aromatic rings. The van der Waals surface area contributed by atoms with Crippen LogP contribution in [0.25, 0.3) is 0 Å². The molecule has 0 radical (unpaired) electrons. The van der Waals surface area contributed by atoms with Crippen LogP contribution in [0.3, 0.4) is 0 Å². The molecule has 2 aliphatic rings. The summed E-state index contributed by atoms with van der Waals surface area (Å²) in [6.45, 7) is 4.08. The van der Waals surface area contributed by atoms with Gasteiger partial charge in [-0.25, -0.2) is 0 Å². The maximum atomic E-state index is 12.5. The summed E-state index contributed by atoms with van der Waals surface area (Å²) in [7, 11) is 3.48. The van der Waals surface area contributed by atoms with Crippen molar-refractivity contribution >= 4 is 33.4 Å². The summed E-state index contributed by atoms with van der Waals surface area (Å²) in [5, 5.41) is 0. The molecule has 182 valence electrons. The Kier molecular flexibility index (Phi) is 7.68. The summed E-state index contributed by atoms with van der Waals surface area (Å²) in [4.78, 5) is 27.3. The van der Waals surface area contributed by atoms with E-state index in [4.69, 9.17) is 11.5 Å². The highest BCUT2D eigenvalue weighted by atomic mass is 33.1. The first kappa shape index (κ1) is 25.2. The van der Waals surface area contributed by atoms with Crippen molar-refractivity contribution in [2.24, 2.45) is 22.3 Å². The van der Waals surface area contributed by atoms with Gasteiger partial charge in [0.2, 0.25) is 11.8 Å². The van der Waals surface area contributed by atoms with Crippen LogP contribution < -0.4 is 11.5 Å². The zero-order valence-corrected chi connectivity index (χ0v) is 21.9. The minimum atomic E-state index is -0.511. The van der Waals surface area contributed by atoms with Crippen LogP contribution in [0.15, 0.2) is 58.3 Å². The van der Waals surface area contributed by atoms with Crippen molar-refractivity contribution in [1.82, 2.24) is 0 Å². The van der Waals surface area contributed by atoms with E-state index in [1.807, 2.05) is 13.8 Å². The van der Waals surface area contributed by atoms with E-state index in [9.17, 15) is 9.59 Å². The van der Waals surface area contributed by atoms with Gasteiger partial charge in [-0.05, 0) is 60.8 Å². The number of amides is 2. The maximum Gasteiger partial charge on any atom is 0.223 e. The Morgan fingerprint density at radius 3 is 1.47 bits per heavy atom. The van der Waals surface area contributed by atoms with E-state index in [2.05, 4.69) is 48.5 Å². The lowest BCUT2D eigenvalue weighted by atomic mass is 9.64. The number of hydrogen-bond acceptors (Lipinski definition) is 4. The molecule has 0 aromatic heterocycles. The molecule has 4 rings (SSSR count). The molecule has 34 heavy (non-hydrogen) atoms. The standard InChI is InChI=1S/C28H36N2O2S2/c1-27(25(29)31)17-9-7-13-21(27)19-11-3-5-15-23(19)33-34-24-16-6-4-12-20(24)22-14-8-10-18-28(22,2)26(30)32/h3-6,11-12,15-16,21-22H,7-10,13-14,17-18H2,1-2H3,(H2,29,31)(H2,30,32). The van der Waals surface area contributed by atoms with Gasteiger partial charge in [-0.15, -0.1) is 0 Å². The van der Waals surface area contributed by atoms with Gasteiger partial charge in [-0.1, -0.05) is 97.5 Å². The Balaban J connectivity index is 1.62. The molecule has 2 saturated carbocycles. The number of hydrogen-bond donors (Lipinski definition) is 2. The minimum Gasteiger partial charge on any atom is -0.369 e. The van der Waals surface area contributed by atoms with Gasteiger partial charge in [0.05, 0.1) is 10.8 Å². The molecule has 4 nitrogen and oxygen atoms in total. The summed E-state index contributed by atoms with van der Waals surface area (Å²) in [5.74, 6) is -0.124. The molecule has 4 unspecified atom stereocenters. The zero-order valence-electron chi connectivity index (χ0n) is 20.2. The van der Waals surface area contributed by atoms with Gasteiger partial charge in [0, 0.05) is 9.79 Å². The number of nitrogens with two attached hydrogens (primary N) is 2. The molecular weight excluding hydrogens is 460 g/mol. The summed E-state index contributed by atoms with van der Waals surface area (Å²) >= 11 is 0. The monoisotopic (exact) mass is 496 g/mol. The van der Waals surface area contributed by atoms with Gasteiger partial charge >= 0.3 is 0 Å². The van der Waals surface area contributed by atoms with Crippen molar-refractivity contribution < 1.29 is 9.59 Å². The van der Waals surface area contributed by atoms with E-state index in [1.165, 1.54) is 20.9 Å². The van der Waals surface area contributed by atoms with Crippen LogP contribution in [0.5, 0.6) is 0 Å². The third-order valence-corrected chi connectivity index (χ3v) is 10.9. The second kappa shape index (κ2) is 10.4. The fourth-order valence-corrected chi connectivity index (χ4v) is 8.54. The Labute approximate surface area is 211 Å². The lowest BCUT2D eigenvalue weighted by Gasteiger charge is -2.40.